The van der Waals surface area contributed by atoms with Crippen molar-refractivity contribution in [2.24, 2.45) is 0 Å². The molecule has 0 unspecified atom stereocenters. The van der Waals surface area contributed by atoms with E-state index in [4.69, 9.17) is 5.73 Å². The third-order valence-electron chi connectivity index (χ3n) is 5.23. The smallest absolute Gasteiger partial charge is 0.207 e. The van der Waals surface area contributed by atoms with Gasteiger partial charge in [0.05, 0.1) is 22.6 Å². The average molecular weight is 370 g/mol. The van der Waals surface area contributed by atoms with Gasteiger partial charge in [-0.15, -0.1) is 0 Å². The van der Waals surface area contributed by atoms with Crippen molar-refractivity contribution in [3.05, 3.63) is 54.6 Å². The van der Waals surface area contributed by atoms with Crippen molar-refractivity contribution in [3.8, 4) is 11.1 Å². The molecule has 0 saturated carbocycles. The number of nitrogens with one attached hydrogen (secondary N) is 1. The summed E-state index contributed by atoms with van der Waals surface area (Å²) in [5, 5.41) is 4.71. The van der Waals surface area contributed by atoms with Gasteiger partial charge >= 0.3 is 0 Å². The van der Waals surface area contributed by atoms with Gasteiger partial charge in [0.25, 0.3) is 0 Å². The largest absolute Gasteiger partial charge is 0.383 e. The van der Waals surface area contributed by atoms with Crippen LogP contribution in [0.4, 0.5) is 5.82 Å². The first kappa shape index (κ1) is 16.4. The predicted molar refractivity (Wildman–Crippen MR) is 109 cm³/mol. The van der Waals surface area contributed by atoms with Crippen LogP contribution in [0.3, 0.4) is 0 Å². The number of aromatic nitrogens is 4. The Morgan fingerprint density at radius 3 is 2.96 bits per heavy atom. The molecule has 0 saturated heterocycles. The van der Waals surface area contributed by atoms with Gasteiger partial charge in [-0.3, -0.25) is 9.78 Å². The number of carbonyl (C=O) groups excluding carboxylic acids is 1. The molecule has 7 nitrogen and oxygen atoms in total. The van der Waals surface area contributed by atoms with Gasteiger partial charge in [-0.05, 0) is 24.6 Å². The van der Waals surface area contributed by atoms with E-state index in [-0.39, 0.29) is 6.04 Å². The lowest BCUT2D eigenvalue weighted by Crippen LogP contribution is -2.33. The van der Waals surface area contributed by atoms with Crippen molar-refractivity contribution >= 4 is 39.7 Å². The Kier molecular flexibility index (Phi) is 3.61. The van der Waals surface area contributed by atoms with Crippen LogP contribution in [-0.4, -0.2) is 32.0 Å². The zero-order chi connectivity index (χ0) is 19.3. The number of hydrogen-bond acceptors (Lipinski definition) is 5. The minimum absolute atomic E-state index is 0.0978. The van der Waals surface area contributed by atoms with Gasteiger partial charge in [-0.2, -0.15) is 0 Å². The second-order valence-corrected chi connectivity index (χ2v) is 6.95. The Bertz CT molecular complexity index is 1270. The summed E-state index contributed by atoms with van der Waals surface area (Å²) >= 11 is 0. The molecular weight excluding hydrogens is 352 g/mol. The lowest BCUT2D eigenvalue weighted by Gasteiger charge is -2.23. The fraction of sp³-hybridized carbons (Fsp3) is 0.143. The van der Waals surface area contributed by atoms with Crippen LogP contribution in [0.1, 0.15) is 12.6 Å². The maximum absolute atomic E-state index is 11.0. The summed E-state index contributed by atoms with van der Waals surface area (Å²) in [6.45, 7) is 2.62. The van der Waals surface area contributed by atoms with Gasteiger partial charge in [0, 0.05) is 29.3 Å². The minimum Gasteiger partial charge on any atom is -0.383 e. The summed E-state index contributed by atoms with van der Waals surface area (Å²) in [6.07, 6.45) is 6.13. The molecule has 4 aromatic rings. The van der Waals surface area contributed by atoms with Gasteiger partial charge < -0.3 is 15.6 Å². The number of anilines is 1. The zero-order valence-corrected chi connectivity index (χ0v) is 15.3. The van der Waals surface area contributed by atoms with E-state index in [2.05, 4.69) is 37.0 Å². The number of allylic oxidation sites excluding steroid dienone is 1. The third kappa shape index (κ3) is 2.36. The average Bonchev–Trinajstić information content (AvgIpc) is 3.04. The number of benzene rings is 1. The fourth-order valence-corrected chi connectivity index (χ4v) is 4.09. The highest BCUT2D eigenvalue weighted by molar-refractivity contribution is 6.06. The number of carbonyl (C=O) groups is 1. The van der Waals surface area contributed by atoms with Crippen LogP contribution in [0, 0.1) is 0 Å². The molecule has 3 N–H and O–H groups in total. The summed E-state index contributed by atoms with van der Waals surface area (Å²) in [6, 6.07) is 10.0. The lowest BCUT2D eigenvalue weighted by molar-refractivity contribution is -0.109. The number of hydrogen-bond donors (Lipinski definition) is 2. The van der Waals surface area contributed by atoms with E-state index in [0.717, 1.165) is 50.7 Å². The van der Waals surface area contributed by atoms with Gasteiger partial charge in [0.15, 0.2) is 0 Å². The van der Waals surface area contributed by atoms with Crippen molar-refractivity contribution in [1.82, 2.24) is 24.8 Å². The Morgan fingerprint density at radius 1 is 1.25 bits per heavy atom. The number of nitrogens with zero attached hydrogens (tertiary/aromatic N) is 4. The maximum Gasteiger partial charge on any atom is 0.207 e. The number of nitrogens with two attached hydrogens (primary N) is 1. The molecule has 3 aromatic heterocycles. The quantitative estimate of drug-likeness (QED) is 0.540. The van der Waals surface area contributed by atoms with E-state index in [0.29, 0.717) is 12.4 Å². The highest BCUT2D eigenvalue weighted by Crippen LogP contribution is 2.41. The number of fused-ring (bicyclic) bond motifs is 4. The molecule has 1 amide bonds. The van der Waals surface area contributed by atoms with Gasteiger partial charge in [0.1, 0.15) is 17.8 Å². The molecule has 0 aliphatic carbocycles. The molecular formula is C21H18N6O. The van der Waals surface area contributed by atoms with Crippen LogP contribution in [0.15, 0.2) is 48.9 Å². The Morgan fingerprint density at radius 2 is 2.11 bits per heavy atom. The molecule has 7 heteroatoms. The highest BCUT2D eigenvalue weighted by Gasteiger charge is 2.27. The molecule has 1 aliphatic rings. The van der Waals surface area contributed by atoms with Gasteiger partial charge in [-0.1, -0.05) is 24.3 Å². The molecule has 1 aliphatic heterocycles. The van der Waals surface area contributed by atoms with Crippen molar-refractivity contribution in [3.63, 3.8) is 0 Å². The van der Waals surface area contributed by atoms with Crippen molar-refractivity contribution in [2.45, 2.75) is 19.5 Å². The van der Waals surface area contributed by atoms with E-state index >= 15 is 0 Å². The van der Waals surface area contributed by atoms with Crippen LogP contribution in [-0.2, 0) is 11.3 Å². The summed E-state index contributed by atoms with van der Waals surface area (Å²) in [4.78, 5) is 24.3. The van der Waals surface area contributed by atoms with E-state index in [1.165, 1.54) is 6.33 Å². The number of rotatable bonds is 3. The Balaban J connectivity index is 1.84. The summed E-state index contributed by atoms with van der Waals surface area (Å²) < 4.78 is 2.11. The first-order valence-corrected chi connectivity index (χ1v) is 9.03. The Labute approximate surface area is 160 Å². The van der Waals surface area contributed by atoms with E-state index < -0.39 is 0 Å². The van der Waals surface area contributed by atoms with Crippen LogP contribution in [0.25, 0.3) is 38.6 Å². The first-order valence-electron chi connectivity index (χ1n) is 9.03. The topological polar surface area (TPSA) is 98.7 Å². The van der Waals surface area contributed by atoms with Crippen molar-refractivity contribution in [2.75, 3.05) is 5.73 Å². The lowest BCUT2D eigenvalue weighted by atomic mass is 9.97. The molecule has 5 rings (SSSR count). The molecule has 138 valence electrons. The van der Waals surface area contributed by atoms with E-state index in [9.17, 15) is 4.79 Å². The van der Waals surface area contributed by atoms with Crippen LogP contribution in [0.2, 0.25) is 0 Å². The molecule has 0 bridgehead atoms. The second-order valence-electron chi connectivity index (χ2n) is 6.95. The summed E-state index contributed by atoms with van der Waals surface area (Å²) in [7, 11) is 0. The van der Waals surface area contributed by atoms with Crippen LogP contribution in [0.5, 0.6) is 0 Å². The Hall–Kier alpha value is -3.74. The molecule has 0 spiro atoms. The second kappa shape index (κ2) is 6.16. The molecule has 1 atom stereocenters. The standard InChI is InChI=1S/C21H18N6O/c1-12-6-15(26-11-28)9-27-19(12)17(18-20(22)24-10-25-21(18)27)14-7-13-4-2-3-5-16(13)23-8-14/h2-8,10-11,15H,9H2,1H3,(H,26,28)(H2,22,24,25)/t15-/m0/s1. The molecule has 0 fully saturated rings. The monoisotopic (exact) mass is 370 g/mol. The summed E-state index contributed by atoms with van der Waals surface area (Å²) in [5.74, 6) is 0.433. The normalized spacial score (nSPS) is 16.0. The number of nitrogen functional groups attached to an aromatic ring is 1. The summed E-state index contributed by atoms with van der Waals surface area (Å²) in [5.41, 5.74) is 12.0. The number of pyridine rings is 1. The predicted octanol–water partition coefficient (Wildman–Crippen LogP) is 2.76. The van der Waals surface area contributed by atoms with E-state index in [1.807, 2.05) is 37.4 Å². The highest BCUT2D eigenvalue weighted by atomic mass is 16.1. The molecule has 28 heavy (non-hydrogen) atoms. The maximum atomic E-state index is 11.0. The van der Waals surface area contributed by atoms with Gasteiger partial charge in [0.2, 0.25) is 6.41 Å². The molecule has 4 heterocycles. The molecule has 0 radical (unpaired) electrons. The zero-order valence-electron chi connectivity index (χ0n) is 15.3. The van der Waals surface area contributed by atoms with E-state index in [1.54, 1.807) is 0 Å². The number of para-hydroxylation sites is 1. The molecule has 1 aromatic carbocycles. The number of amides is 1. The fourth-order valence-electron chi connectivity index (χ4n) is 4.09. The van der Waals surface area contributed by atoms with Crippen molar-refractivity contribution < 1.29 is 4.79 Å². The minimum atomic E-state index is -0.0978. The van der Waals surface area contributed by atoms with Crippen LogP contribution < -0.4 is 11.1 Å². The van der Waals surface area contributed by atoms with Gasteiger partial charge in [-0.25, -0.2) is 9.97 Å². The van der Waals surface area contributed by atoms with Crippen molar-refractivity contribution in [1.29, 1.82) is 0 Å². The third-order valence-corrected chi connectivity index (χ3v) is 5.23. The SMILES string of the molecule is CC1=C[C@H](NC=O)Cn2c1c(-c1cnc3ccccc3c1)c1c(N)ncnc12. The first-order chi connectivity index (χ1) is 13.7. The van der Waals surface area contributed by atoms with Crippen LogP contribution >= 0.6 is 0 Å².